The quantitative estimate of drug-likeness (QED) is 0.135. The second-order valence-electron chi connectivity index (χ2n) is 26.7. The lowest BCUT2D eigenvalue weighted by Crippen LogP contribution is -2.57. The Labute approximate surface area is 475 Å². The normalized spacial score (nSPS) is 17.9. The SMILES string of the molecule is CC(C)C(C)(C(C)C)C(F)(F)F.CC1(C(F)(F)F)CCCCC1.CC1(C)CCC(C)(C(F)(F)F)CC1.CCC(C)(CC)C(C)(C(F)(F)F)C(C)(CC)CC.CCC(C)(CC)C(F)(F)F.CCC(CC)C(C)(C(CC)CC)C(F)(F)F. The van der Waals surface area contributed by atoms with Crippen molar-refractivity contribution in [2.75, 3.05) is 0 Å². The largest absolute Gasteiger partial charge is 0.395 e. The molecule has 0 radical (unpaired) electrons. The Kier molecular flexibility index (Phi) is 34.0. The Morgan fingerprint density at radius 2 is 0.562 bits per heavy atom. The average Bonchev–Trinajstić information content (AvgIpc) is 3.33. The van der Waals surface area contributed by atoms with Crippen LogP contribution in [-0.2, 0) is 0 Å². The van der Waals surface area contributed by atoms with E-state index in [-0.39, 0.29) is 54.8 Å². The van der Waals surface area contributed by atoms with Gasteiger partial charge in [0.25, 0.3) is 0 Å². The van der Waals surface area contributed by atoms with E-state index in [1.54, 1.807) is 55.4 Å². The molecule has 2 aliphatic carbocycles. The molecular weight excluding hydrogens is 1090 g/mol. The minimum absolute atomic E-state index is 0.102. The van der Waals surface area contributed by atoms with Crippen LogP contribution in [0.25, 0.3) is 0 Å². The van der Waals surface area contributed by atoms with Crippen LogP contribution in [0.4, 0.5) is 79.0 Å². The summed E-state index contributed by atoms with van der Waals surface area (Å²) >= 11 is 0. The minimum Gasteiger partial charge on any atom is -0.171 e. The van der Waals surface area contributed by atoms with Gasteiger partial charge < -0.3 is 0 Å². The first-order valence-corrected chi connectivity index (χ1v) is 29.8. The lowest BCUT2D eigenvalue weighted by molar-refractivity contribution is -0.301. The summed E-state index contributed by atoms with van der Waals surface area (Å²) in [6, 6.07) is 0. The van der Waals surface area contributed by atoms with Gasteiger partial charge in [-0.25, -0.2) is 0 Å². The summed E-state index contributed by atoms with van der Waals surface area (Å²) in [7, 11) is 0. The third-order valence-electron chi connectivity index (χ3n) is 21.7. The van der Waals surface area contributed by atoms with Gasteiger partial charge in [-0.05, 0) is 124 Å². The lowest BCUT2D eigenvalue weighted by atomic mass is 9.49. The first kappa shape index (κ1) is 85.2. The fourth-order valence-electron chi connectivity index (χ4n) is 11.7. The average molecular weight is 1200 g/mol. The van der Waals surface area contributed by atoms with Gasteiger partial charge in [-0.3, -0.25) is 0 Å². The molecule has 0 nitrogen and oxygen atoms in total. The molecule has 18 heteroatoms. The van der Waals surface area contributed by atoms with E-state index in [1.165, 1.54) is 41.5 Å². The van der Waals surface area contributed by atoms with E-state index in [9.17, 15) is 79.0 Å². The molecule has 0 heterocycles. The molecule has 0 unspecified atom stereocenters. The number of alkyl halides is 18. The Bertz CT molecular complexity index is 1580. The second-order valence-corrected chi connectivity index (χ2v) is 26.7. The zero-order chi connectivity index (χ0) is 65.2. The first-order chi connectivity index (χ1) is 35.4. The van der Waals surface area contributed by atoms with Crippen LogP contribution in [0.2, 0.25) is 0 Å². The second kappa shape index (κ2) is 31.9. The van der Waals surface area contributed by atoms with Crippen LogP contribution >= 0.6 is 0 Å². The van der Waals surface area contributed by atoms with Gasteiger partial charge in [0.1, 0.15) is 0 Å². The first-order valence-electron chi connectivity index (χ1n) is 29.8. The van der Waals surface area contributed by atoms with Gasteiger partial charge in [-0.2, -0.15) is 79.0 Å². The number of hydrogen-bond donors (Lipinski definition) is 0. The summed E-state index contributed by atoms with van der Waals surface area (Å²) in [4.78, 5) is 0. The van der Waals surface area contributed by atoms with Crippen molar-refractivity contribution in [3.05, 3.63) is 0 Å². The number of hydrogen-bond acceptors (Lipinski definition) is 0. The smallest absolute Gasteiger partial charge is 0.171 e. The van der Waals surface area contributed by atoms with Crippen molar-refractivity contribution in [2.24, 2.45) is 72.4 Å². The van der Waals surface area contributed by atoms with Crippen molar-refractivity contribution < 1.29 is 79.0 Å². The highest BCUT2D eigenvalue weighted by molar-refractivity contribution is 5.05. The van der Waals surface area contributed by atoms with Gasteiger partial charge in [0.15, 0.2) is 0 Å². The zero-order valence-electron chi connectivity index (χ0n) is 54.0. The maximum atomic E-state index is 13.8. The Hall–Kier alpha value is -1.26. The van der Waals surface area contributed by atoms with Gasteiger partial charge in [0, 0.05) is 0 Å². The predicted molar refractivity (Wildman–Crippen MR) is 296 cm³/mol. The van der Waals surface area contributed by atoms with Gasteiger partial charge in [0.05, 0.1) is 32.5 Å². The zero-order valence-corrected chi connectivity index (χ0v) is 54.0. The molecule has 2 rings (SSSR count). The molecular formula is C62H114F18. The van der Waals surface area contributed by atoms with Gasteiger partial charge in [-0.15, -0.1) is 0 Å². The van der Waals surface area contributed by atoms with Crippen molar-refractivity contribution in [1.29, 1.82) is 0 Å². The van der Waals surface area contributed by atoms with Crippen LogP contribution in [0, 0.1) is 72.4 Å². The van der Waals surface area contributed by atoms with E-state index in [2.05, 4.69) is 0 Å². The minimum atomic E-state index is -4.17. The van der Waals surface area contributed by atoms with E-state index >= 15 is 0 Å². The van der Waals surface area contributed by atoms with Crippen molar-refractivity contribution in [2.45, 2.75) is 325 Å². The summed E-state index contributed by atoms with van der Waals surface area (Å²) in [5.74, 6) is -1.29. The highest BCUT2D eigenvalue weighted by atomic mass is 19.4. The number of halogens is 18. The van der Waals surface area contributed by atoms with E-state index in [0.29, 0.717) is 77.0 Å². The molecule has 0 saturated heterocycles. The molecule has 0 N–H and O–H groups in total. The highest BCUT2D eigenvalue weighted by Gasteiger charge is 2.67. The molecule has 0 spiro atoms. The molecule has 0 aromatic heterocycles. The molecule has 0 aromatic rings. The molecule has 2 saturated carbocycles. The van der Waals surface area contributed by atoms with Crippen LogP contribution < -0.4 is 0 Å². The molecule has 2 fully saturated rings. The Morgan fingerprint density at radius 1 is 0.312 bits per heavy atom. The Morgan fingerprint density at radius 3 is 0.700 bits per heavy atom. The van der Waals surface area contributed by atoms with Gasteiger partial charge in [-0.1, -0.05) is 204 Å². The molecule has 0 aliphatic heterocycles. The molecule has 0 aromatic carbocycles. The van der Waals surface area contributed by atoms with Crippen molar-refractivity contribution in [3.8, 4) is 0 Å². The predicted octanol–water partition coefficient (Wildman–Crippen LogP) is 26.6. The van der Waals surface area contributed by atoms with E-state index in [0.717, 1.165) is 19.3 Å². The molecule has 0 bridgehead atoms. The summed E-state index contributed by atoms with van der Waals surface area (Å²) in [5.41, 5.74) is -10.4. The fourth-order valence-corrected chi connectivity index (χ4v) is 11.7. The summed E-state index contributed by atoms with van der Waals surface area (Å²) < 4.78 is 230. The maximum Gasteiger partial charge on any atom is 0.395 e. The van der Waals surface area contributed by atoms with Crippen molar-refractivity contribution >= 4 is 0 Å². The van der Waals surface area contributed by atoms with E-state index in [4.69, 9.17) is 0 Å². The fraction of sp³-hybridized carbons (Fsp3) is 1.00. The van der Waals surface area contributed by atoms with Crippen LogP contribution in [0.15, 0.2) is 0 Å². The standard InChI is InChI=1S/C15H29F3.C13H25F3.C10H17F3.C9H17F3.C8H13F3.C7H13F3/c1-8-12(5,9-2)14(7,15(16,17)18)13(6,10-3)11-4;1-6-10(7-2)12(5,13(14,15)16)11(8-3)9-4;1-8(2)4-6-9(3,7-5-8)10(11,12)13;1-6(2)8(5,7(3)4)9(10,11)12;1-7(8(9,10)11)5-3-2-4-6-7;1-4-6(3,5-2)7(8,9)10/h8-11H2,1-7H3;10-11H,6-9H2,1-5H3;4-7H2,1-3H3;6-7H,1-5H3;2-6H2,1H3;4-5H2,1-3H3. The summed E-state index contributed by atoms with van der Waals surface area (Å²) in [6.07, 6.45) is -14.5. The lowest BCUT2D eigenvalue weighted by Gasteiger charge is -2.57. The van der Waals surface area contributed by atoms with Gasteiger partial charge >= 0.3 is 37.1 Å². The van der Waals surface area contributed by atoms with E-state index < -0.39 is 80.4 Å². The van der Waals surface area contributed by atoms with E-state index in [1.807, 2.05) is 69.2 Å². The monoisotopic (exact) mass is 1200 g/mol. The molecule has 80 heavy (non-hydrogen) atoms. The maximum absolute atomic E-state index is 13.8. The third-order valence-corrected chi connectivity index (χ3v) is 21.7. The number of rotatable bonds is 16. The van der Waals surface area contributed by atoms with Crippen LogP contribution in [0.3, 0.4) is 0 Å². The van der Waals surface area contributed by atoms with Crippen LogP contribution in [0.5, 0.6) is 0 Å². The topological polar surface area (TPSA) is 0 Å². The molecule has 2 aliphatic rings. The molecule has 0 atom stereocenters. The van der Waals surface area contributed by atoms with Gasteiger partial charge in [0.2, 0.25) is 0 Å². The Balaban J connectivity index is -0.000000438. The van der Waals surface area contributed by atoms with Crippen LogP contribution in [0.1, 0.15) is 288 Å². The third kappa shape index (κ3) is 21.0. The molecule has 488 valence electrons. The summed E-state index contributed by atoms with van der Waals surface area (Å²) in [5, 5.41) is 0. The van der Waals surface area contributed by atoms with Crippen molar-refractivity contribution in [3.63, 3.8) is 0 Å². The highest BCUT2D eigenvalue weighted by Crippen LogP contribution is 2.65. The summed E-state index contributed by atoms with van der Waals surface area (Å²) in [6.45, 7) is 40.3. The van der Waals surface area contributed by atoms with Crippen molar-refractivity contribution in [1.82, 2.24) is 0 Å². The molecule has 0 amide bonds. The van der Waals surface area contributed by atoms with Crippen LogP contribution in [-0.4, -0.2) is 37.1 Å².